The third kappa shape index (κ3) is 3.90. The largest absolute Gasteiger partial charge is 0.468 e. The maximum atomic E-state index is 13.8. The van der Waals surface area contributed by atoms with Crippen molar-refractivity contribution < 1.29 is 19.7 Å². The summed E-state index contributed by atoms with van der Waals surface area (Å²) < 4.78 is 7.83. The molecule has 3 fully saturated rings. The summed E-state index contributed by atoms with van der Waals surface area (Å²) in [6.07, 6.45) is 9.40. The number of hydrogen-bond donors (Lipinski definition) is 2. The quantitative estimate of drug-likeness (QED) is 0.323. The van der Waals surface area contributed by atoms with Crippen LogP contribution in [0.5, 0.6) is 5.88 Å². The number of aromatic nitrogens is 4. The van der Waals surface area contributed by atoms with Crippen LogP contribution >= 0.6 is 0 Å². The van der Waals surface area contributed by atoms with Gasteiger partial charge in [0.05, 0.1) is 40.9 Å². The Morgan fingerprint density at radius 1 is 1.05 bits per heavy atom. The van der Waals surface area contributed by atoms with Gasteiger partial charge >= 0.3 is 0 Å². The lowest BCUT2D eigenvalue weighted by molar-refractivity contribution is -0.180. The summed E-state index contributed by atoms with van der Waals surface area (Å²) >= 11 is 0. The van der Waals surface area contributed by atoms with E-state index in [1.165, 1.54) is 17.3 Å². The topological polar surface area (TPSA) is 110 Å². The Hall–Kier alpha value is -3.88. The normalized spacial score (nSPS) is 34.0. The van der Waals surface area contributed by atoms with Gasteiger partial charge in [-0.2, -0.15) is 5.10 Å². The monoisotopic (exact) mass is 590 g/mol. The number of hydrogen-bond acceptors (Lipinski definition) is 7. The van der Waals surface area contributed by atoms with E-state index in [9.17, 15) is 15.0 Å². The first-order chi connectivity index (χ1) is 21.2. The lowest BCUT2D eigenvalue weighted by Crippen LogP contribution is -2.62. The number of benzene rings is 2. The highest BCUT2D eigenvalue weighted by atomic mass is 16.5. The standard InChI is InChI=1S/C36H38N4O4/c1-34-17-22-19-38-40(24-8-4-3-5-9-24)29(22)16-23(34)12-13-25-26-14-15-36(43,35(26,2)18-30(41)33(25)34)31(42)21-44-32-20-37-27-10-6-7-11-28(27)39-32/h3-11,16,19-20,25-26,30,33,41,43H,12-15,17-18,21H2,1-2H3/t25?,26?,30?,33?,34?,35?,36-/m0/s1. The van der Waals surface area contributed by atoms with Gasteiger partial charge in [-0.25, -0.2) is 14.6 Å². The van der Waals surface area contributed by atoms with Gasteiger partial charge in [-0.05, 0) is 97.6 Å². The van der Waals surface area contributed by atoms with Gasteiger partial charge < -0.3 is 14.9 Å². The van der Waals surface area contributed by atoms with Crippen LogP contribution in [0.15, 0.2) is 72.6 Å². The van der Waals surface area contributed by atoms with Gasteiger partial charge in [0, 0.05) is 5.41 Å². The fraction of sp³-hybridized carbons (Fsp3) is 0.444. The number of ether oxygens (including phenoxy) is 1. The van der Waals surface area contributed by atoms with Crippen molar-refractivity contribution >= 4 is 22.9 Å². The van der Waals surface area contributed by atoms with Crippen LogP contribution in [-0.2, 0) is 11.2 Å². The van der Waals surface area contributed by atoms with Gasteiger partial charge in [0.15, 0.2) is 6.61 Å². The number of nitrogens with zero attached hydrogens (tertiary/aromatic N) is 4. The van der Waals surface area contributed by atoms with Crippen LogP contribution in [0.4, 0.5) is 0 Å². The molecule has 0 radical (unpaired) electrons. The molecule has 226 valence electrons. The number of fused-ring (bicyclic) bond motifs is 7. The molecule has 0 aliphatic heterocycles. The average Bonchev–Trinajstić information content (AvgIpc) is 3.55. The van der Waals surface area contributed by atoms with Crippen molar-refractivity contribution in [2.24, 2.45) is 28.6 Å². The van der Waals surface area contributed by atoms with Crippen LogP contribution in [0.2, 0.25) is 0 Å². The summed E-state index contributed by atoms with van der Waals surface area (Å²) in [7, 11) is 0. The number of rotatable bonds is 5. The molecule has 44 heavy (non-hydrogen) atoms. The average molecular weight is 591 g/mol. The molecular weight excluding hydrogens is 552 g/mol. The summed E-state index contributed by atoms with van der Waals surface area (Å²) in [4.78, 5) is 22.6. The van der Waals surface area contributed by atoms with E-state index in [0.717, 1.165) is 42.6 Å². The van der Waals surface area contributed by atoms with E-state index in [1.807, 2.05) is 60.3 Å². The predicted molar refractivity (Wildman–Crippen MR) is 166 cm³/mol. The fourth-order valence-electron chi connectivity index (χ4n) is 9.69. The van der Waals surface area contributed by atoms with E-state index in [2.05, 4.69) is 35.1 Å². The Bertz CT molecular complexity index is 1800. The van der Waals surface area contributed by atoms with Gasteiger partial charge in [0.1, 0.15) is 5.60 Å². The maximum Gasteiger partial charge on any atom is 0.233 e. The first-order valence-corrected chi connectivity index (χ1v) is 15.8. The zero-order chi connectivity index (χ0) is 30.3. The number of para-hydroxylation sites is 3. The number of carbonyl (C=O) groups is 1. The van der Waals surface area contributed by atoms with Crippen LogP contribution in [0, 0.1) is 28.6 Å². The number of Topliss-reactive ketones (excluding diaryl/α,β-unsaturated/α-hetero) is 1. The molecular formula is C36H38N4O4. The second kappa shape index (κ2) is 9.81. The van der Waals surface area contributed by atoms with Crippen LogP contribution in [-0.4, -0.2) is 54.1 Å². The molecule has 8 heteroatoms. The Morgan fingerprint density at radius 3 is 2.64 bits per heavy atom. The van der Waals surface area contributed by atoms with Gasteiger partial charge in [-0.3, -0.25) is 4.79 Å². The molecule has 0 saturated heterocycles. The smallest absolute Gasteiger partial charge is 0.233 e. The number of allylic oxidation sites excluding steroid dienone is 1. The van der Waals surface area contributed by atoms with Crippen LogP contribution < -0.4 is 4.74 Å². The van der Waals surface area contributed by atoms with Crippen LogP contribution in [0.25, 0.3) is 22.8 Å². The van der Waals surface area contributed by atoms with Crippen molar-refractivity contribution in [1.29, 1.82) is 0 Å². The van der Waals surface area contributed by atoms with Crippen molar-refractivity contribution in [3.05, 3.63) is 83.8 Å². The molecule has 6 unspecified atom stereocenters. The van der Waals surface area contributed by atoms with Crippen molar-refractivity contribution in [2.75, 3.05) is 6.61 Å². The molecule has 4 aromatic rings. The maximum absolute atomic E-state index is 13.8. The highest BCUT2D eigenvalue weighted by molar-refractivity contribution is 5.90. The third-order valence-corrected chi connectivity index (χ3v) is 11.8. The lowest BCUT2D eigenvalue weighted by Gasteiger charge is -2.60. The molecule has 0 amide bonds. The van der Waals surface area contributed by atoms with E-state index < -0.39 is 17.1 Å². The molecule has 2 heterocycles. The van der Waals surface area contributed by atoms with E-state index in [-0.39, 0.29) is 41.4 Å². The van der Waals surface area contributed by atoms with E-state index in [1.54, 1.807) is 0 Å². The minimum Gasteiger partial charge on any atom is -0.468 e. The number of aliphatic hydroxyl groups excluding tert-OH is 1. The molecule has 0 spiro atoms. The molecule has 0 bridgehead atoms. The summed E-state index contributed by atoms with van der Waals surface area (Å²) in [6.45, 7) is 4.05. The van der Waals surface area contributed by atoms with Crippen molar-refractivity contribution in [3.63, 3.8) is 0 Å². The van der Waals surface area contributed by atoms with Crippen molar-refractivity contribution in [3.8, 4) is 11.6 Å². The molecule has 2 aromatic carbocycles. The van der Waals surface area contributed by atoms with E-state index in [4.69, 9.17) is 9.84 Å². The lowest BCUT2D eigenvalue weighted by atomic mass is 9.45. The minimum atomic E-state index is -1.57. The van der Waals surface area contributed by atoms with Crippen LogP contribution in [0.1, 0.15) is 57.2 Å². The summed E-state index contributed by atoms with van der Waals surface area (Å²) in [5.74, 6) is 0.315. The fourth-order valence-corrected chi connectivity index (χ4v) is 9.69. The second-order valence-corrected chi connectivity index (χ2v) is 13.9. The number of ketones is 1. The Labute approximate surface area is 256 Å². The minimum absolute atomic E-state index is 0.0513. The molecule has 2 N–H and O–H groups in total. The molecule has 4 aliphatic rings. The third-order valence-electron chi connectivity index (χ3n) is 11.8. The zero-order valence-electron chi connectivity index (χ0n) is 25.2. The Kier molecular flexibility index (Phi) is 6.17. The Balaban J connectivity index is 1.04. The molecule has 8 rings (SSSR count). The van der Waals surface area contributed by atoms with Gasteiger partial charge in [0.2, 0.25) is 11.7 Å². The van der Waals surface area contributed by atoms with Crippen molar-refractivity contribution in [1.82, 2.24) is 19.7 Å². The van der Waals surface area contributed by atoms with Crippen molar-refractivity contribution in [2.45, 2.75) is 64.1 Å². The molecule has 4 aliphatic carbocycles. The van der Waals surface area contributed by atoms with E-state index >= 15 is 0 Å². The zero-order valence-corrected chi connectivity index (χ0v) is 25.2. The summed E-state index contributed by atoms with van der Waals surface area (Å²) in [6, 6.07) is 17.7. The molecule has 7 atom stereocenters. The number of aliphatic hydroxyl groups is 2. The highest BCUT2D eigenvalue weighted by Crippen LogP contribution is 2.67. The first kappa shape index (κ1) is 27.7. The van der Waals surface area contributed by atoms with Crippen LogP contribution in [0.3, 0.4) is 0 Å². The summed E-state index contributed by atoms with van der Waals surface area (Å²) in [5.41, 5.74) is 3.68. The molecule has 8 nitrogen and oxygen atoms in total. The first-order valence-electron chi connectivity index (χ1n) is 15.8. The van der Waals surface area contributed by atoms with Gasteiger partial charge in [-0.15, -0.1) is 0 Å². The SMILES string of the molecule is CC12Cc3cnn(-c4ccccc4)c3C=C1CCC1C2C(O)CC2(C)C1CC[C@]2(O)C(=O)COc1cnc2ccccc2n1. The Morgan fingerprint density at radius 2 is 1.82 bits per heavy atom. The van der Waals surface area contributed by atoms with Gasteiger partial charge in [-0.1, -0.05) is 49.8 Å². The predicted octanol–water partition coefficient (Wildman–Crippen LogP) is 5.35. The molecule has 3 saturated carbocycles. The van der Waals surface area contributed by atoms with Gasteiger partial charge in [0.25, 0.3) is 0 Å². The summed E-state index contributed by atoms with van der Waals surface area (Å²) in [5, 5.41) is 28.8. The van der Waals surface area contributed by atoms with E-state index in [0.29, 0.717) is 18.4 Å². The molecule has 2 aromatic heterocycles. The second-order valence-electron chi connectivity index (χ2n) is 13.9. The highest BCUT2D eigenvalue weighted by Gasteiger charge is 2.68. The number of carbonyl (C=O) groups excluding carboxylic acids is 1.